The first-order chi connectivity index (χ1) is 25.2. The number of thiophene rings is 1. The van der Waals surface area contributed by atoms with Crippen molar-refractivity contribution in [2.45, 2.75) is 72.1 Å². The van der Waals surface area contributed by atoms with E-state index in [0.717, 1.165) is 35.4 Å². The summed E-state index contributed by atoms with van der Waals surface area (Å²) in [5, 5.41) is 46.3. The maximum absolute atomic E-state index is 12.2. The van der Waals surface area contributed by atoms with Gasteiger partial charge < -0.3 is 34.1 Å². The van der Waals surface area contributed by atoms with Gasteiger partial charge in [-0.05, 0) is 62.4 Å². The predicted octanol–water partition coefficient (Wildman–Crippen LogP) is 7.31. The van der Waals surface area contributed by atoms with Gasteiger partial charge in [0.05, 0.1) is 69.8 Å². The summed E-state index contributed by atoms with van der Waals surface area (Å²) < 4.78 is 22.0. The Morgan fingerprint density at radius 3 is 2.27 bits per heavy atom. The molecule has 0 saturated carbocycles. The Balaban J connectivity index is 1.75. The molecule has 1 aromatic heterocycles. The second-order valence-corrected chi connectivity index (χ2v) is 13.0. The lowest BCUT2D eigenvalue weighted by molar-refractivity contribution is -0.152. The van der Waals surface area contributed by atoms with E-state index in [1.54, 1.807) is 6.92 Å². The molecule has 13 nitrogen and oxygen atoms in total. The van der Waals surface area contributed by atoms with E-state index in [4.69, 9.17) is 24.1 Å². The fourth-order valence-corrected chi connectivity index (χ4v) is 5.93. The van der Waals surface area contributed by atoms with Crippen molar-refractivity contribution in [2.24, 2.45) is 16.1 Å². The van der Waals surface area contributed by atoms with Crippen molar-refractivity contribution in [2.75, 3.05) is 70.8 Å². The molecule has 0 bridgehead atoms. The number of aliphatic hydroxyl groups excluding tert-OH is 1. The number of nitrogens with zero attached hydrogens (tertiary/aromatic N) is 5. The van der Waals surface area contributed by atoms with E-state index < -0.39 is 17.9 Å². The normalized spacial score (nSPS) is 11.9. The van der Waals surface area contributed by atoms with Crippen LogP contribution in [0.25, 0.3) is 0 Å². The lowest BCUT2D eigenvalue weighted by Gasteiger charge is -2.25. The number of ether oxygens (including phenoxy) is 4. The van der Waals surface area contributed by atoms with E-state index in [0.29, 0.717) is 72.6 Å². The van der Waals surface area contributed by atoms with Crippen LogP contribution in [0.2, 0.25) is 0 Å². The van der Waals surface area contributed by atoms with Crippen molar-refractivity contribution in [3.05, 3.63) is 51.9 Å². The Hall–Kier alpha value is -4.18. The van der Waals surface area contributed by atoms with Gasteiger partial charge >= 0.3 is 11.9 Å². The van der Waals surface area contributed by atoms with Crippen LogP contribution in [0, 0.1) is 42.4 Å². The number of rotatable bonds is 28. The van der Waals surface area contributed by atoms with Crippen LogP contribution >= 0.6 is 11.3 Å². The van der Waals surface area contributed by atoms with Crippen LogP contribution < -0.4 is 4.90 Å². The Morgan fingerprint density at radius 1 is 0.923 bits per heavy atom. The highest BCUT2D eigenvalue weighted by atomic mass is 32.1. The largest absolute Gasteiger partial charge is 0.481 e. The van der Waals surface area contributed by atoms with E-state index in [1.807, 2.05) is 37.3 Å². The number of carboxylic acid groups (broad SMARTS) is 1. The molecule has 1 atom stereocenters. The van der Waals surface area contributed by atoms with Crippen LogP contribution in [-0.4, -0.2) is 88.1 Å². The summed E-state index contributed by atoms with van der Waals surface area (Å²) in [6.45, 7) is 8.73. The van der Waals surface area contributed by atoms with Gasteiger partial charge in [-0.25, -0.2) is 0 Å². The first-order valence-corrected chi connectivity index (χ1v) is 18.7. The van der Waals surface area contributed by atoms with Crippen LogP contribution in [0.4, 0.5) is 16.4 Å². The van der Waals surface area contributed by atoms with Crippen molar-refractivity contribution < 1.29 is 38.7 Å². The number of anilines is 1. The molecule has 0 aliphatic heterocycles. The number of aliphatic hydroxyl groups is 1. The molecule has 0 radical (unpaired) electrons. The molecule has 1 heterocycles. The number of hydrogen-bond donors (Lipinski definition) is 2. The van der Waals surface area contributed by atoms with Crippen LogP contribution in [0.3, 0.4) is 0 Å². The molecule has 0 saturated heterocycles. The number of hydrogen-bond acceptors (Lipinski definition) is 13. The van der Waals surface area contributed by atoms with Crippen LogP contribution in [0.5, 0.6) is 0 Å². The van der Waals surface area contributed by atoms with Crippen molar-refractivity contribution in [3.8, 4) is 12.1 Å². The molecule has 14 heteroatoms. The minimum Gasteiger partial charge on any atom is -0.481 e. The van der Waals surface area contributed by atoms with Gasteiger partial charge in [-0.1, -0.05) is 44.8 Å². The average Bonchev–Trinajstić information content (AvgIpc) is 3.45. The van der Waals surface area contributed by atoms with Crippen LogP contribution in [-0.2, 0) is 28.5 Å². The molecule has 2 rings (SSSR count). The number of carbonyl (C=O) groups excluding carboxylic acids is 1. The zero-order valence-corrected chi connectivity index (χ0v) is 31.5. The van der Waals surface area contributed by atoms with Gasteiger partial charge in [0.15, 0.2) is 5.00 Å². The maximum Gasteiger partial charge on any atom is 0.307 e. The fourth-order valence-electron chi connectivity index (χ4n) is 5.05. The summed E-state index contributed by atoms with van der Waals surface area (Å²) in [6.07, 6.45) is 10.8. The molecular weight excluding hydrogens is 687 g/mol. The van der Waals surface area contributed by atoms with Gasteiger partial charge in [0.25, 0.3) is 0 Å². The number of aliphatic carboxylic acids is 1. The third kappa shape index (κ3) is 16.9. The van der Waals surface area contributed by atoms with E-state index in [1.165, 1.54) is 25.7 Å². The van der Waals surface area contributed by atoms with Crippen LogP contribution in [0.1, 0.15) is 79.9 Å². The second kappa shape index (κ2) is 26.6. The number of carbonyl (C=O) groups is 2. The first-order valence-electron chi connectivity index (χ1n) is 17.8. The van der Waals surface area contributed by atoms with Crippen molar-refractivity contribution in [1.82, 2.24) is 0 Å². The number of benzene rings is 1. The number of unbranched alkanes of at least 4 members (excludes halogenated alkanes) is 5. The maximum atomic E-state index is 12.2. The number of aryl methyl sites for hydroxylation is 1. The molecule has 1 unspecified atom stereocenters. The lowest BCUT2D eigenvalue weighted by Crippen LogP contribution is -2.31. The van der Waals surface area contributed by atoms with E-state index >= 15 is 0 Å². The third-order valence-corrected chi connectivity index (χ3v) is 9.15. The Kier molecular flexibility index (Phi) is 22.5. The molecule has 0 fully saturated rings. The summed E-state index contributed by atoms with van der Waals surface area (Å²) in [7, 11) is 0. The molecular formula is C38H53N5O8S. The number of allylic oxidation sites excluding steroid dienone is 2. The summed E-state index contributed by atoms with van der Waals surface area (Å²) in [5.41, 5.74) is 3.37. The quantitative estimate of drug-likeness (QED) is 0.0385. The topological polar surface area (TPSA) is 187 Å². The zero-order chi connectivity index (χ0) is 38.0. The number of azo groups is 1. The van der Waals surface area contributed by atoms with Gasteiger partial charge in [-0.3, -0.25) is 9.59 Å². The SMILES string of the molecule is CCCCCCC/C=C/CC(CC(=O)OCCOCCOCCN(CCOCCO)c1ccc(/N=N/c2sc(C#N)c(C)c2C#N)c(C)c1)C(=O)O. The van der Waals surface area contributed by atoms with Gasteiger partial charge in [-0.15, -0.1) is 21.6 Å². The number of esters is 1. The van der Waals surface area contributed by atoms with Crippen molar-refractivity contribution in [1.29, 1.82) is 10.5 Å². The highest BCUT2D eigenvalue weighted by molar-refractivity contribution is 7.16. The second-order valence-electron chi connectivity index (χ2n) is 12.0. The van der Waals surface area contributed by atoms with Gasteiger partial charge in [0, 0.05) is 18.8 Å². The van der Waals surface area contributed by atoms with Crippen LogP contribution in [0.15, 0.2) is 40.6 Å². The number of nitriles is 2. The highest BCUT2D eigenvalue weighted by Crippen LogP contribution is 2.36. The van der Waals surface area contributed by atoms with E-state index in [-0.39, 0.29) is 32.8 Å². The molecule has 0 aliphatic carbocycles. The molecule has 284 valence electrons. The Bertz CT molecular complexity index is 1510. The summed E-state index contributed by atoms with van der Waals surface area (Å²) in [4.78, 5) is 26.3. The molecule has 1 aromatic carbocycles. The van der Waals surface area contributed by atoms with E-state index in [2.05, 4.69) is 34.2 Å². The minimum atomic E-state index is -1.01. The van der Waals surface area contributed by atoms with Crippen molar-refractivity contribution in [3.63, 3.8) is 0 Å². The predicted molar refractivity (Wildman–Crippen MR) is 199 cm³/mol. The lowest BCUT2D eigenvalue weighted by atomic mass is 10.0. The van der Waals surface area contributed by atoms with Gasteiger partial charge in [-0.2, -0.15) is 10.5 Å². The van der Waals surface area contributed by atoms with Gasteiger partial charge in [0.1, 0.15) is 23.6 Å². The van der Waals surface area contributed by atoms with Gasteiger partial charge in [0.2, 0.25) is 0 Å². The summed E-state index contributed by atoms with van der Waals surface area (Å²) in [5.74, 6) is -2.39. The molecule has 2 N–H and O–H groups in total. The highest BCUT2D eigenvalue weighted by Gasteiger charge is 2.21. The molecule has 0 spiro atoms. The average molecular weight is 740 g/mol. The zero-order valence-electron chi connectivity index (χ0n) is 30.7. The Morgan fingerprint density at radius 2 is 1.62 bits per heavy atom. The molecule has 2 aromatic rings. The fraction of sp³-hybridized carbons (Fsp3) is 0.579. The minimum absolute atomic E-state index is 0.0304. The standard InChI is InChI=1S/C38H53N5O8S/c1-4-5-6-7-8-9-10-11-12-31(38(46)47)26-36(45)51-24-23-50-22-21-49-19-16-43(15-18-48-20-17-44)32-13-14-34(29(2)25-32)41-42-37-33(27-39)30(3)35(28-40)52-37/h10-11,13-14,25,31,44H,4-9,12,15-24,26H2,1-3H3,(H,46,47)/b11-10+,42-41+. The summed E-state index contributed by atoms with van der Waals surface area (Å²) in [6, 6.07) is 9.92. The summed E-state index contributed by atoms with van der Waals surface area (Å²) >= 11 is 1.14. The number of carboxylic acids is 1. The monoisotopic (exact) mass is 739 g/mol. The molecule has 0 amide bonds. The third-order valence-electron chi connectivity index (χ3n) is 8.07. The molecule has 52 heavy (non-hydrogen) atoms. The van der Waals surface area contributed by atoms with E-state index in [9.17, 15) is 25.2 Å². The first kappa shape index (κ1) is 44.0. The van der Waals surface area contributed by atoms with Crippen molar-refractivity contribution >= 4 is 39.7 Å². The Labute approximate surface area is 311 Å². The smallest absolute Gasteiger partial charge is 0.307 e. The molecule has 0 aliphatic rings.